The van der Waals surface area contributed by atoms with Crippen molar-refractivity contribution < 1.29 is 79.2 Å². The second-order valence-corrected chi connectivity index (χ2v) is 23.5. The molecule has 0 spiro atoms. The molecule has 0 radical (unpaired) electrons. The van der Waals surface area contributed by atoms with E-state index in [1.54, 1.807) is 56.3 Å². The normalized spacial score (nSPS) is 27.4. The highest BCUT2D eigenvalue weighted by molar-refractivity contribution is 8.01. The lowest BCUT2D eigenvalue weighted by atomic mass is 9.54. The van der Waals surface area contributed by atoms with Crippen LogP contribution in [-0.4, -0.2) is 211 Å². The molecule has 434 valence electrons. The predicted molar refractivity (Wildman–Crippen MR) is 290 cm³/mol. The van der Waals surface area contributed by atoms with Crippen LogP contribution in [0, 0.1) is 11.8 Å². The number of aromatic amines is 1. The molecule has 4 amide bonds. The number of β-amino-alcohol motifs (C(OH)–C–C–N with tert-alkyl or cyclic N) is 1. The number of piperazine rings is 1. The lowest BCUT2D eigenvalue weighted by Gasteiger charge is -2.53. The number of amides is 4. The maximum Gasteiger partial charge on any atom is 0.341 e. The highest BCUT2D eigenvalue weighted by atomic mass is 32.2. The second-order valence-electron chi connectivity index (χ2n) is 21.7. The number of carbonyl (C=O) groups is 8. The Morgan fingerprint density at radius 1 is 0.878 bits per heavy atom. The van der Waals surface area contributed by atoms with Gasteiger partial charge in [0.15, 0.2) is 17.6 Å². The number of nitrogens with zero attached hydrogens (tertiary/aromatic N) is 5. The van der Waals surface area contributed by atoms with Gasteiger partial charge < -0.3 is 66.7 Å². The Morgan fingerprint density at radius 2 is 1.56 bits per heavy atom. The van der Waals surface area contributed by atoms with Crippen LogP contribution in [-0.2, 0) is 39.2 Å². The summed E-state index contributed by atoms with van der Waals surface area (Å²) in [6.45, 7) is 6.36. The number of phenolic OH excluding ortho intramolecular Hbond substituents is 1. The molecule has 82 heavy (non-hydrogen) atoms. The van der Waals surface area contributed by atoms with Crippen LogP contribution in [0.2, 0.25) is 0 Å². The van der Waals surface area contributed by atoms with E-state index < -0.39 is 144 Å². The first-order valence-corrected chi connectivity index (χ1v) is 26.9. The standard InChI is InChI=1S/C30H38N4O11.C25H23N5O6S/c1-29(44)14-5-4-6-17(36)18(14)22(37)19-15(29)13-16-21(32(2)3)23(38)20(25(40)30(16,45)24(19)39)27(41)31-26(28(42)43)34-9-7-33(8-10-34)11-12-35;1-25(2)19(24(35)36)30-22(34)17(23(30)37-25)29-21(33)15(12-7-4-3-5-8-12)28-20(32)13-11-27-14-9-6-10-26-16(14)18(13)31/h4-6,15-16,21,26,35-37,40,44-45H,7-13H2,1-3H3,(H,31,41)(H,42,43);3-11,15,17,19,23H,1-2H3,(H,27,31)(H,28,32)(H,29,33)(H,35,36)/t15?,16?,21-,26?,29+,30-;15-,17-,19+,23-/m11/s1. The predicted octanol–water partition coefficient (Wildman–Crippen LogP) is -0.694. The number of H-pyrrole nitrogens is 1. The first kappa shape index (κ1) is 58.6. The van der Waals surface area contributed by atoms with Crippen LogP contribution in [0.4, 0.5) is 0 Å². The number of carbonyl (C=O) groups excluding carboxylic acids is 6. The van der Waals surface area contributed by atoms with Crippen molar-refractivity contribution >= 4 is 75.7 Å². The fraction of sp³-hybridized carbons (Fsp3) is 0.418. The van der Waals surface area contributed by atoms with Gasteiger partial charge in [-0.05, 0) is 70.6 Å². The van der Waals surface area contributed by atoms with E-state index in [-0.39, 0.29) is 48.3 Å². The molecule has 4 fully saturated rings. The van der Waals surface area contributed by atoms with Gasteiger partial charge in [0.05, 0.1) is 29.3 Å². The molecule has 1 saturated carbocycles. The molecule has 6 aliphatic rings. The number of phenols is 1. The number of aromatic nitrogens is 2. The summed E-state index contributed by atoms with van der Waals surface area (Å²) in [4.78, 5) is 131. The smallest absolute Gasteiger partial charge is 0.341 e. The highest BCUT2D eigenvalue weighted by Gasteiger charge is 2.67. The van der Waals surface area contributed by atoms with E-state index in [2.05, 4.69) is 25.9 Å². The van der Waals surface area contributed by atoms with Gasteiger partial charge in [0.1, 0.15) is 57.4 Å². The van der Waals surface area contributed by atoms with E-state index in [1.165, 1.54) is 78.1 Å². The summed E-state index contributed by atoms with van der Waals surface area (Å²) in [5.41, 5.74) is -6.22. The minimum absolute atomic E-state index is 0.0784. The zero-order chi connectivity index (χ0) is 59.7. The molecule has 12 N–H and O–H groups in total. The van der Waals surface area contributed by atoms with Gasteiger partial charge in [0, 0.05) is 67.3 Å². The first-order valence-electron chi connectivity index (χ1n) is 26.0. The number of likely N-dealkylation sites (N-methyl/N-ethyl adjacent to an activating group) is 1. The largest absolute Gasteiger partial charge is 0.508 e. The molecular weight excluding hydrogens is 1090 g/mol. The summed E-state index contributed by atoms with van der Waals surface area (Å²) in [7, 11) is 2.93. The average molecular weight is 1150 g/mol. The number of carboxylic acid groups (broad SMARTS) is 2. The van der Waals surface area contributed by atoms with Crippen LogP contribution in [0.25, 0.3) is 16.8 Å². The van der Waals surface area contributed by atoms with Crippen molar-refractivity contribution in [3.63, 3.8) is 0 Å². The molecule has 3 unspecified atom stereocenters. The number of hydrogen-bond acceptors (Lipinski definition) is 20. The van der Waals surface area contributed by atoms with Crippen molar-refractivity contribution in [2.24, 2.45) is 11.8 Å². The van der Waals surface area contributed by atoms with Crippen molar-refractivity contribution in [1.29, 1.82) is 0 Å². The van der Waals surface area contributed by atoms with Crippen molar-refractivity contribution in [3.8, 4) is 5.75 Å². The maximum absolute atomic E-state index is 14.2. The summed E-state index contributed by atoms with van der Waals surface area (Å²) in [5, 5.41) is 92.6. The summed E-state index contributed by atoms with van der Waals surface area (Å²) in [6.07, 6.45) is 0.777. The number of hydrogen-bond donors (Lipinski definition) is 12. The zero-order valence-electron chi connectivity index (χ0n) is 44.9. The average Bonchev–Trinajstić information content (AvgIpc) is 1.69. The number of aromatic hydroxyl groups is 1. The molecule has 27 heteroatoms. The third-order valence-electron chi connectivity index (χ3n) is 16.2. The quantitative estimate of drug-likeness (QED) is 0.0582. The summed E-state index contributed by atoms with van der Waals surface area (Å²) in [6, 6.07) is 11.3. The van der Waals surface area contributed by atoms with Gasteiger partial charge in [-0.1, -0.05) is 42.5 Å². The van der Waals surface area contributed by atoms with Crippen LogP contribution in [0.5, 0.6) is 5.75 Å². The molecule has 3 aliphatic carbocycles. The monoisotopic (exact) mass is 1150 g/mol. The third-order valence-corrected chi connectivity index (χ3v) is 17.8. The highest BCUT2D eigenvalue weighted by Crippen LogP contribution is 2.57. The fourth-order valence-electron chi connectivity index (χ4n) is 12.1. The number of aliphatic hydroxyl groups excluding tert-OH is 3. The topological polar surface area (TPSA) is 393 Å². The van der Waals surface area contributed by atoms with Crippen LogP contribution in [0.1, 0.15) is 60.3 Å². The van der Waals surface area contributed by atoms with Crippen LogP contribution in [0.3, 0.4) is 0 Å². The number of β-lactam (4-membered cyclic amide) rings is 1. The number of Topliss-reactive ketones (excluding diaryl/α,β-unsaturated/α-hetero) is 2. The van der Waals surface area contributed by atoms with E-state index >= 15 is 0 Å². The molecule has 3 aliphatic heterocycles. The van der Waals surface area contributed by atoms with Crippen LogP contribution < -0.4 is 21.4 Å². The van der Waals surface area contributed by atoms with Gasteiger partial charge in [0.25, 0.3) is 11.8 Å². The van der Waals surface area contributed by atoms with Crippen molar-refractivity contribution in [1.82, 2.24) is 45.5 Å². The molecule has 4 aromatic rings. The Labute approximate surface area is 471 Å². The summed E-state index contributed by atoms with van der Waals surface area (Å²) >= 11 is 1.30. The van der Waals surface area contributed by atoms with Crippen LogP contribution in [0.15, 0.2) is 94.8 Å². The fourth-order valence-corrected chi connectivity index (χ4v) is 13.8. The second kappa shape index (κ2) is 22.0. The first-order chi connectivity index (χ1) is 38.7. The number of ketones is 2. The molecule has 10 rings (SSSR count). The molecule has 2 aromatic heterocycles. The summed E-state index contributed by atoms with van der Waals surface area (Å²) in [5.74, 6) is -13.1. The lowest BCUT2D eigenvalue weighted by Crippen LogP contribution is -2.71. The van der Waals surface area contributed by atoms with Crippen molar-refractivity contribution in [2.75, 3.05) is 53.4 Å². The van der Waals surface area contributed by atoms with Crippen LogP contribution >= 0.6 is 11.8 Å². The minimum atomic E-state index is -2.93. The van der Waals surface area contributed by atoms with E-state index in [0.29, 0.717) is 30.7 Å². The minimum Gasteiger partial charge on any atom is -0.508 e. The number of nitrogens with one attached hydrogen (secondary N) is 4. The molecule has 2 aromatic carbocycles. The van der Waals surface area contributed by atoms with Gasteiger partial charge in [0.2, 0.25) is 23.0 Å². The lowest BCUT2D eigenvalue weighted by molar-refractivity contribution is -0.161. The van der Waals surface area contributed by atoms with Gasteiger partial charge >= 0.3 is 11.9 Å². The van der Waals surface area contributed by atoms with E-state index in [4.69, 9.17) is 0 Å². The number of aliphatic carboxylic acids is 2. The molecular formula is C55H61N9O17S. The molecule has 0 bridgehead atoms. The molecule has 26 nitrogen and oxygen atoms in total. The number of carboxylic acids is 2. The van der Waals surface area contributed by atoms with Gasteiger partial charge in [-0.3, -0.25) is 53.2 Å². The third kappa shape index (κ3) is 9.83. The van der Waals surface area contributed by atoms with Crippen molar-refractivity contribution in [3.05, 3.63) is 122 Å². The number of rotatable bonds is 13. The number of benzene rings is 2. The Kier molecular flexibility index (Phi) is 15.7. The Balaban J connectivity index is 0.000000201. The number of fused-ring (bicyclic) bond motifs is 5. The van der Waals surface area contributed by atoms with E-state index in [1.807, 2.05) is 4.90 Å². The van der Waals surface area contributed by atoms with Gasteiger partial charge in [-0.2, -0.15) is 0 Å². The molecule has 10 atom stereocenters. The van der Waals surface area contributed by atoms with Gasteiger partial charge in [-0.25, -0.2) is 9.59 Å². The van der Waals surface area contributed by atoms with E-state index in [0.717, 1.165) is 0 Å². The Morgan fingerprint density at radius 3 is 2.20 bits per heavy atom. The number of pyridine rings is 2. The molecule has 5 heterocycles. The summed E-state index contributed by atoms with van der Waals surface area (Å²) < 4.78 is -0.746. The number of thioether (sulfide) groups is 1. The maximum atomic E-state index is 14.2. The zero-order valence-corrected chi connectivity index (χ0v) is 45.7. The van der Waals surface area contributed by atoms with Crippen molar-refractivity contribution in [2.45, 2.75) is 78.8 Å². The van der Waals surface area contributed by atoms with Gasteiger partial charge in [-0.15, -0.1) is 11.8 Å². The Bertz CT molecular complexity index is 3450. The molecule has 3 saturated heterocycles. The Hall–Kier alpha value is -8.05. The SMILES string of the molecule is CC1(C)S[C@@H]2[C@H](NC(=O)[C@H](NC(=O)c3c[nH]c4cccnc4c3=O)c3ccccc3)C(=O)N2[C@H]1C(=O)O.CN(C)[C@H]1C(=O)C(C(=O)NC(C(=O)O)N2CCN(CCO)CC2)=C(O)[C@]2(O)C(=O)C3=C(O)c4c(O)cccc4[C@](C)(O)C3CC12. The van der Waals surface area contributed by atoms with E-state index in [9.17, 15) is 84.0 Å². The number of aliphatic hydroxyl groups is 5.